The standard InChI is InChI=1S/C19H15BrN2/c20-16-9-4-6-13-12-15-17(21)10-5-11-18(15)22(19(13)16)14-7-2-1-3-8-14/h1-11H,12,21H2. The van der Waals surface area contributed by atoms with E-state index in [9.17, 15) is 0 Å². The summed E-state index contributed by atoms with van der Waals surface area (Å²) in [4.78, 5) is 2.29. The second-order valence-electron chi connectivity index (χ2n) is 5.44. The molecule has 1 aliphatic rings. The molecule has 0 saturated heterocycles. The highest BCUT2D eigenvalue weighted by Crippen LogP contribution is 2.48. The Hall–Kier alpha value is -2.26. The summed E-state index contributed by atoms with van der Waals surface area (Å²) in [6.45, 7) is 0. The summed E-state index contributed by atoms with van der Waals surface area (Å²) in [5, 5.41) is 0. The fraction of sp³-hybridized carbons (Fsp3) is 0.0526. The molecule has 3 aromatic carbocycles. The summed E-state index contributed by atoms with van der Waals surface area (Å²) in [5.41, 5.74) is 13.1. The molecule has 108 valence electrons. The Morgan fingerprint density at radius 1 is 0.864 bits per heavy atom. The van der Waals surface area contributed by atoms with Crippen molar-refractivity contribution >= 4 is 38.7 Å². The van der Waals surface area contributed by atoms with Crippen molar-refractivity contribution in [3.8, 4) is 0 Å². The minimum Gasteiger partial charge on any atom is -0.398 e. The average Bonchev–Trinajstić information content (AvgIpc) is 2.55. The van der Waals surface area contributed by atoms with Crippen molar-refractivity contribution in [2.24, 2.45) is 0 Å². The lowest BCUT2D eigenvalue weighted by Gasteiger charge is -2.34. The third kappa shape index (κ3) is 2.01. The summed E-state index contributed by atoms with van der Waals surface area (Å²) >= 11 is 3.72. The summed E-state index contributed by atoms with van der Waals surface area (Å²) < 4.78 is 1.10. The van der Waals surface area contributed by atoms with Crippen molar-refractivity contribution in [3.63, 3.8) is 0 Å². The van der Waals surface area contributed by atoms with Gasteiger partial charge in [0.05, 0.1) is 11.4 Å². The van der Waals surface area contributed by atoms with Crippen LogP contribution in [0.15, 0.2) is 71.2 Å². The molecule has 0 aliphatic carbocycles. The van der Waals surface area contributed by atoms with Crippen molar-refractivity contribution in [1.82, 2.24) is 0 Å². The van der Waals surface area contributed by atoms with E-state index in [1.54, 1.807) is 0 Å². The number of hydrogen-bond acceptors (Lipinski definition) is 2. The third-order valence-electron chi connectivity index (χ3n) is 4.10. The van der Waals surface area contributed by atoms with Crippen LogP contribution < -0.4 is 10.6 Å². The highest BCUT2D eigenvalue weighted by atomic mass is 79.9. The van der Waals surface area contributed by atoms with Crippen molar-refractivity contribution < 1.29 is 0 Å². The summed E-state index contributed by atoms with van der Waals surface area (Å²) in [6, 6.07) is 22.9. The van der Waals surface area contributed by atoms with Crippen LogP contribution in [0.2, 0.25) is 0 Å². The predicted molar refractivity (Wildman–Crippen MR) is 96.0 cm³/mol. The molecule has 0 spiro atoms. The normalized spacial score (nSPS) is 12.7. The quantitative estimate of drug-likeness (QED) is 0.465. The number of benzene rings is 3. The van der Waals surface area contributed by atoms with Gasteiger partial charge in [-0.15, -0.1) is 0 Å². The molecule has 0 atom stereocenters. The first-order chi connectivity index (χ1) is 10.8. The number of nitrogens with two attached hydrogens (primary N) is 1. The number of halogens is 1. The number of para-hydroxylation sites is 2. The number of rotatable bonds is 1. The van der Waals surface area contributed by atoms with Gasteiger partial charge in [-0.1, -0.05) is 36.4 Å². The molecule has 0 fully saturated rings. The van der Waals surface area contributed by atoms with Crippen LogP contribution in [0.1, 0.15) is 11.1 Å². The molecular formula is C19H15BrN2. The maximum atomic E-state index is 6.24. The number of nitrogen functional groups attached to an aromatic ring is 1. The fourth-order valence-corrected chi connectivity index (χ4v) is 3.69. The van der Waals surface area contributed by atoms with Gasteiger partial charge in [0.15, 0.2) is 0 Å². The van der Waals surface area contributed by atoms with E-state index in [1.807, 2.05) is 18.2 Å². The predicted octanol–water partition coefficient (Wildman–Crippen LogP) is 5.41. The second-order valence-corrected chi connectivity index (χ2v) is 6.29. The molecule has 0 aromatic heterocycles. The van der Waals surface area contributed by atoms with E-state index >= 15 is 0 Å². The highest BCUT2D eigenvalue weighted by molar-refractivity contribution is 9.10. The maximum Gasteiger partial charge on any atom is 0.0639 e. The maximum absolute atomic E-state index is 6.24. The van der Waals surface area contributed by atoms with Gasteiger partial charge in [0.1, 0.15) is 0 Å². The molecule has 0 radical (unpaired) electrons. The minimum atomic E-state index is 0.851. The Morgan fingerprint density at radius 2 is 1.64 bits per heavy atom. The van der Waals surface area contributed by atoms with Crippen LogP contribution in [-0.4, -0.2) is 0 Å². The Kier molecular flexibility index (Phi) is 3.16. The first kappa shape index (κ1) is 13.4. The monoisotopic (exact) mass is 350 g/mol. The minimum absolute atomic E-state index is 0.851. The van der Waals surface area contributed by atoms with Gasteiger partial charge >= 0.3 is 0 Å². The number of anilines is 4. The molecule has 1 heterocycles. The summed E-state index contributed by atoms with van der Waals surface area (Å²) in [7, 11) is 0. The molecule has 0 bridgehead atoms. The molecule has 0 amide bonds. The zero-order valence-corrected chi connectivity index (χ0v) is 13.5. The molecule has 3 aromatic rings. The molecule has 1 aliphatic heterocycles. The van der Waals surface area contributed by atoms with Crippen LogP contribution in [0.25, 0.3) is 0 Å². The van der Waals surface area contributed by atoms with E-state index in [1.165, 1.54) is 16.8 Å². The van der Waals surface area contributed by atoms with Crippen molar-refractivity contribution in [2.45, 2.75) is 6.42 Å². The molecule has 3 heteroatoms. The molecule has 2 N–H and O–H groups in total. The molecule has 0 saturated carbocycles. The Labute approximate surface area is 138 Å². The van der Waals surface area contributed by atoms with Crippen molar-refractivity contribution in [1.29, 1.82) is 0 Å². The lowest BCUT2D eigenvalue weighted by molar-refractivity contribution is 1.09. The summed E-state index contributed by atoms with van der Waals surface area (Å²) in [5.74, 6) is 0. The Bertz CT molecular complexity index is 843. The molecular weight excluding hydrogens is 336 g/mol. The number of fused-ring (bicyclic) bond motifs is 2. The van der Waals surface area contributed by atoms with Gasteiger partial charge in [-0.3, -0.25) is 0 Å². The van der Waals surface area contributed by atoms with E-state index in [2.05, 4.69) is 69.4 Å². The zero-order valence-electron chi connectivity index (χ0n) is 12.0. The third-order valence-corrected chi connectivity index (χ3v) is 4.74. The lowest BCUT2D eigenvalue weighted by atomic mass is 9.94. The van der Waals surface area contributed by atoms with E-state index in [-0.39, 0.29) is 0 Å². The average molecular weight is 351 g/mol. The number of nitrogens with zero attached hydrogens (tertiary/aromatic N) is 1. The summed E-state index contributed by atoms with van der Waals surface area (Å²) in [6.07, 6.45) is 0.861. The first-order valence-electron chi connectivity index (χ1n) is 7.25. The van der Waals surface area contributed by atoms with E-state index < -0.39 is 0 Å². The molecule has 2 nitrogen and oxygen atoms in total. The smallest absolute Gasteiger partial charge is 0.0639 e. The topological polar surface area (TPSA) is 29.3 Å². The van der Waals surface area contributed by atoms with Crippen molar-refractivity contribution in [2.75, 3.05) is 10.6 Å². The molecule has 4 rings (SSSR count). The van der Waals surface area contributed by atoms with E-state index in [0.29, 0.717) is 0 Å². The fourth-order valence-electron chi connectivity index (χ4n) is 3.10. The Balaban J connectivity index is 2.03. The first-order valence-corrected chi connectivity index (χ1v) is 8.05. The zero-order chi connectivity index (χ0) is 15.1. The van der Waals surface area contributed by atoms with Gasteiger partial charge in [-0.2, -0.15) is 0 Å². The van der Waals surface area contributed by atoms with Crippen LogP contribution in [0, 0.1) is 0 Å². The highest BCUT2D eigenvalue weighted by Gasteiger charge is 2.26. The van der Waals surface area contributed by atoms with Crippen LogP contribution in [-0.2, 0) is 6.42 Å². The van der Waals surface area contributed by atoms with Crippen LogP contribution in [0.4, 0.5) is 22.7 Å². The van der Waals surface area contributed by atoms with Gasteiger partial charge in [-0.05, 0) is 51.8 Å². The van der Waals surface area contributed by atoms with Gasteiger partial charge in [0.2, 0.25) is 0 Å². The lowest BCUT2D eigenvalue weighted by Crippen LogP contribution is -2.20. The van der Waals surface area contributed by atoms with Crippen LogP contribution >= 0.6 is 15.9 Å². The van der Waals surface area contributed by atoms with Crippen LogP contribution in [0.3, 0.4) is 0 Å². The Morgan fingerprint density at radius 3 is 2.45 bits per heavy atom. The van der Waals surface area contributed by atoms with Crippen LogP contribution in [0.5, 0.6) is 0 Å². The molecule has 0 unspecified atom stereocenters. The second kappa shape index (κ2) is 5.18. The van der Waals surface area contributed by atoms with Gasteiger partial charge < -0.3 is 10.6 Å². The molecule has 22 heavy (non-hydrogen) atoms. The largest absolute Gasteiger partial charge is 0.398 e. The van der Waals surface area contributed by atoms with Gasteiger partial charge in [0.25, 0.3) is 0 Å². The van der Waals surface area contributed by atoms with E-state index in [4.69, 9.17) is 5.73 Å². The number of hydrogen-bond donors (Lipinski definition) is 1. The SMILES string of the molecule is Nc1cccc2c1Cc1cccc(Br)c1N2c1ccccc1. The van der Waals surface area contributed by atoms with E-state index in [0.717, 1.165) is 28.0 Å². The van der Waals surface area contributed by atoms with Crippen molar-refractivity contribution in [3.05, 3.63) is 82.3 Å². The van der Waals surface area contributed by atoms with Gasteiger partial charge in [0, 0.05) is 27.8 Å². The van der Waals surface area contributed by atoms with Gasteiger partial charge in [-0.25, -0.2) is 0 Å².